The van der Waals surface area contributed by atoms with E-state index < -0.39 is 0 Å². The Balaban J connectivity index is 2.26. The highest BCUT2D eigenvalue weighted by atomic mass is 32.2. The molecule has 0 saturated carbocycles. The minimum Gasteiger partial charge on any atom is -0.387 e. The second-order valence-electron chi connectivity index (χ2n) is 3.68. The molecule has 0 aliphatic rings. The first-order chi connectivity index (χ1) is 8.72. The molecule has 0 spiro atoms. The molecule has 94 valence electrons. The Kier molecular flexibility index (Phi) is 3.93. The lowest BCUT2D eigenvalue weighted by atomic mass is 10.3. The van der Waals surface area contributed by atoms with E-state index in [4.69, 9.17) is 11.1 Å². The van der Waals surface area contributed by atoms with Crippen LogP contribution < -0.4 is 5.73 Å². The van der Waals surface area contributed by atoms with Gasteiger partial charge in [-0.2, -0.15) is 4.68 Å². The van der Waals surface area contributed by atoms with E-state index in [1.807, 2.05) is 37.3 Å². The van der Waals surface area contributed by atoms with E-state index in [1.54, 1.807) is 4.68 Å². The van der Waals surface area contributed by atoms with Crippen molar-refractivity contribution in [1.29, 1.82) is 5.41 Å². The van der Waals surface area contributed by atoms with Gasteiger partial charge in [0.05, 0.1) is 10.9 Å². The first-order valence-corrected chi connectivity index (χ1v) is 6.44. The quantitative estimate of drug-likeness (QED) is 0.483. The molecule has 0 radical (unpaired) electrons. The normalized spacial score (nSPS) is 12.3. The first kappa shape index (κ1) is 12.6. The van der Waals surface area contributed by atoms with Crippen LogP contribution in [0.1, 0.15) is 13.3 Å². The Morgan fingerprint density at radius 3 is 2.78 bits per heavy atom. The van der Waals surface area contributed by atoms with Crippen molar-refractivity contribution in [2.45, 2.75) is 23.8 Å². The zero-order chi connectivity index (χ0) is 13.0. The number of nitrogens with one attached hydrogen (secondary N) is 1. The van der Waals surface area contributed by atoms with Crippen LogP contribution >= 0.6 is 11.8 Å². The van der Waals surface area contributed by atoms with Gasteiger partial charge in [0.25, 0.3) is 0 Å². The van der Waals surface area contributed by atoms with Gasteiger partial charge in [0.15, 0.2) is 0 Å². The number of nitrogens with zero attached hydrogens (tertiary/aromatic N) is 4. The van der Waals surface area contributed by atoms with Crippen LogP contribution in [0, 0.1) is 5.41 Å². The SMILES string of the molecule is CCC(Sc1nnnn1-c1ccccc1)C(=N)N. The van der Waals surface area contributed by atoms with E-state index in [-0.39, 0.29) is 11.1 Å². The van der Waals surface area contributed by atoms with Gasteiger partial charge in [0, 0.05) is 0 Å². The molecule has 0 aliphatic heterocycles. The molecule has 0 bridgehead atoms. The van der Waals surface area contributed by atoms with Gasteiger partial charge >= 0.3 is 0 Å². The van der Waals surface area contributed by atoms with Crippen molar-refractivity contribution in [3.8, 4) is 5.69 Å². The third-order valence-electron chi connectivity index (χ3n) is 2.41. The van der Waals surface area contributed by atoms with Crippen molar-refractivity contribution in [2.75, 3.05) is 0 Å². The zero-order valence-corrected chi connectivity index (χ0v) is 10.8. The molecule has 1 unspecified atom stereocenters. The van der Waals surface area contributed by atoms with Crippen LogP contribution in [0.15, 0.2) is 35.5 Å². The van der Waals surface area contributed by atoms with Gasteiger partial charge in [-0.15, -0.1) is 5.10 Å². The number of aromatic nitrogens is 4. The molecular formula is C11H14N6S. The van der Waals surface area contributed by atoms with Gasteiger partial charge in [-0.05, 0) is 29.0 Å². The summed E-state index contributed by atoms with van der Waals surface area (Å²) < 4.78 is 1.65. The lowest BCUT2D eigenvalue weighted by molar-refractivity contribution is 0.755. The Bertz CT molecular complexity index is 523. The average Bonchev–Trinajstić information content (AvgIpc) is 2.84. The number of para-hydroxylation sites is 1. The van der Waals surface area contributed by atoms with Gasteiger partial charge in [-0.25, -0.2) is 0 Å². The molecule has 6 nitrogen and oxygen atoms in total. The van der Waals surface area contributed by atoms with Crippen molar-refractivity contribution in [3.63, 3.8) is 0 Å². The van der Waals surface area contributed by atoms with Crippen LogP contribution in [0.5, 0.6) is 0 Å². The summed E-state index contributed by atoms with van der Waals surface area (Å²) in [6.07, 6.45) is 0.766. The number of tetrazole rings is 1. The maximum Gasteiger partial charge on any atom is 0.214 e. The van der Waals surface area contributed by atoms with E-state index in [0.717, 1.165) is 12.1 Å². The molecule has 3 N–H and O–H groups in total. The molecular weight excluding hydrogens is 248 g/mol. The number of amidine groups is 1. The van der Waals surface area contributed by atoms with Gasteiger partial charge < -0.3 is 5.73 Å². The van der Waals surface area contributed by atoms with Gasteiger partial charge in [0.2, 0.25) is 5.16 Å². The number of hydrogen-bond donors (Lipinski definition) is 2. The monoisotopic (exact) mass is 262 g/mol. The third kappa shape index (κ3) is 2.67. The molecule has 1 heterocycles. The molecule has 0 aliphatic carbocycles. The molecule has 7 heteroatoms. The number of hydrogen-bond acceptors (Lipinski definition) is 5. The van der Waals surface area contributed by atoms with Gasteiger partial charge in [0.1, 0.15) is 5.84 Å². The highest BCUT2D eigenvalue weighted by Gasteiger charge is 2.17. The summed E-state index contributed by atoms with van der Waals surface area (Å²) in [7, 11) is 0. The summed E-state index contributed by atoms with van der Waals surface area (Å²) in [6, 6.07) is 9.64. The molecule has 0 saturated heterocycles. The highest BCUT2D eigenvalue weighted by molar-refractivity contribution is 8.00. The number of thioether (sulfide) groups is 1. The summed E-state index contributed by atoms with van der Waals surface area (Å²) in [5, 5.41) is 19.7. The number of nitrogens with two attached hydrogens (primary N) is 1. The summed E-state index contributed by atoms with van der Waals surface area (Å²) in [6.45, 7) is 1.98. The van der Waals surface area contributed by atoms with Crippen molar-refractivity contribution in [1.82, 2.24) is 20.2 Å². The largest absolute Gasteiger partial charge is 0.387 e. The summed E-state index contributed by atoms with van der Waals surface area (Å²) >= 11 is 1.40. The van der Waals surface area contributed by atoms with E-state index in [1.165, 1.54) is 11.8 Å². The molecule has 1 atom stereocenters. The van der Waals surface area contributed by atoms with Gasteiger partial charge in [-0.3, -0.25) is 5.41 Å². The van der Waals surface area contributed by atoms with Crippen LogP contribution in [-0.2, 0) is 0 Å². The van der Waals surface area contributed by atoms with Crippen LogP contribution in [0.2, 0.25) is 0 Å². The molecule has 1 aromatic carbocycles. The van der Waals surface area contributed by atoms with Crippen molar-refractivity contribution >= 4 is 17.6 Å². The second kappa shape index (κ2) is 5.63. The molecule has 0 amide bonds. The Morgan fingerprint density at radius 1 is 1.44 bits per heavy atom. The minimum absolute atomic E-state index is 0.0986. The zero-order valence-electron chi connectivity index (χ0n) is 9.95. The summed E-state index contributed by atoms with van der Waals surface area (Å²) in [5.41, 5.74) is 6.43. The van der Waals surface area contributed by atoms with Crippen molar-refractivity contribution < 1.29 is 0 Å². The maximum atomic E-state index is 7.51. The molecule has 1 aromatic heterocycles. The number of rotatable bonds is 5. The Labute approximate surface area is 109 Å². The van der Waals surface area contributed by atoms with Crippen molar-refractivity contribution in [2.24, 2.45) is 5.73 Å². The van der Waals surface area contributed by atoms with E-state index in [0.29, 0.717) is 5.16 Å². The van der Waals surface area contributed by atoms with Crippen LogP contribution in [-0.4, -0.2) is 31.3 Å². The molecule has 2 rings (SSSR count). The second-order valence-corrected chi connectivity index (χ2v) is 4.85. The van der Waals surface area contributed by atoms with Crippen LogP contribution in [0.25, 0.3) is 5.69 Å². The fraction of sp³-hybridized carbons (Fsp3) is 0.273. The van der Waals surface area contributed by atoms with E-state index in [9.17, 15) is 0 Å². The smallest absolute Gasteiger partial charge is 0.214 e. The molecule has 0 fully saturated rings. The summed E-state index contributed by atoms with van der Waals surface area (Å²) in [5.74, 6) is 0.144. The predicted molar refractivity (Wildman–Crippen MR) is 71.0 cm³/mol. The predicted octanol–water partition coefficient (Wildman–Crippen LogP) is 1.47. The van der Waals surface area contributed by atoms with Gasteiger partial charge in [-0.1, -0.05) is 36.9 Å². The summed E-state index contributed by atoms with van der Waals surface area (Å²) in [4.78, 5) is 0. The lowest BCUT2D eigenvalue weighted by Crippen LogP contribution is -2.24. The Morgan fingerprint density at radius 2 is 2.17 bits per heavy atom. The van der Waals surface area contributed by atoms with E-state index >= 15 is 0 Å². The number of benzene rings is 1. The molecule has 18 heavy (non-hydrogen) atoms. The third-order valence-corrected chi connectivity index (χ3v) is 3.74. The fourth-order valence-electron chi connectivity index (χ4n) is 1.48. The van der Waals surface area contributed by atoms with Crippen LogP contribution in [0.4, 0.5) is 0 Å². The topological polar surface area (TPSA) is 93.5 Å². The van der Waals surface area contributed by atoms with E-state index in [2.05, 4.69) is 15.5 Å². The Hall–Kier alpha value is -1.89. The molecule has 2 aromatic rings. The lowest BCUT2D eigenvalue weighted by Gasteiger charge is -2.11. The first-order valence-electron chi connectivity index (χ1n) is 5.56. The fourth-order valence-corrected chi connectivity index (χ4v) is 2.35. The van der Waals surface area contributed by atoms with Crippen LogP contribution in [0.3, 0.4) is 0 Å². The standard InChI is InChI=1S/C11H14N6S/c1-2-9(10(12)13)18-11-14-15-16-17(11)8-6-4-3-5-7-8/h3-7,9H,2H2,1H3,(H3,12,13). The minimum atomic E-state index is -0.0986. The average molecular weight is 262 g/mol. The highest BCUT2D eigenvalue weighted by Crippen LogP contribution is 2.24. The maximum absolute atomic E-state index is 7.51. The van der Waals surface area contributed by atoms with Crippen molar-refractivity contribution in [3.05, 3.63) is 30.3 Å².